The Morgan fingerprint density at radius 2 is 2.00 bits per heavy atom. The highest BCUT2D eigenvalue weighted by Gasteiger charge is 2.43. The first-order chi connectivity index (χ1) is 5.70. The fourth-order valence-corrected chi connectivity index (χ4v) is 2.62. The van der Waals surface area contributed by atoms with Crippen LogP contribution in [-0.4, -0.2) is 23.9 Å². The summed E-state index contributed by atoms with van der Waals surface area (Å²) in [7, 11) is 0. The molecule has 12 heavy (non-hydrogen) atoms. The molecule has 2 fully saturated rings. The van der Waals surface area contributed by atoms with Crippen molar-refractivity contribution in [3.05, 3.63) is 0 Å². The van der Waals surface area contributed by atoms with Gasteiger partial charge in [0, 0.05) is 5.92 Å². The topological polar surface area (TPSA) is 29.5 Å². The predicted molar refractivity (Wildman–Crippen MR) is 46.8 cm³/mol. The van der Waals surface area contributed by atoms with Crippen molar-refractivity contribution in [1.29, 1.82) is 0 Å². The Hall–Kier alpha value is -0.0800. The number of ether oxygens (including phenoxy) is 1. The second-order valence-electron chi connectivity index (χ2n) is 4.44. The van der Waals surface area contributed by atoms with Crippen molar-refractivity contribution in [2.75, 3.05) is 6.61 Å². The van der Waals surface area contributed by atoms with Crippen LogP contribution in [0.15, 0.2) is 0 Å². The normalized spacial score (nSPS) is 53.8. The van der Waals surface area contributed by atoms with Gasteiger partial charge in [0.1, 0.15) is 0 Å². The summed E-state index contributed by atoms with van der Waals surface area (Å²) in [4.78, 5) is 0. The van der Waals surface area contributed by atoms with Crippen molar-refractivity contribution in [2.24, 2.45) is 17.8 Å². The molecule has 0 spiro atoms. The summed E-state index contributed by atoms with van der Waals surface area (Å²) in [5.74, 6) is 1.81. The van der Waals surface area contributed by atoms with Gasteiger partial charge in [0.15, 0.2) is 0 Å². The molecule has 1 aliphatic heterocycles. The molecule has 2 heteroatoms. The molecular formula is C10H18O2. The molecule has 1 heterocycles. The molecule has 1 aliphatic carbocycles. The maximum atomic E-state index is 9.60. The zero-order chi connectivity index (χ0) is 8.72. The van der Waals surface area contributed by atoms with Gasteiger partial charge in [0.2, 0.25) is 0 Å². The van der Waals surface area contributed by atoms with Crippen molar-refractivity contribution in [2.45, 2.75) is 38.9 Å². The van der Waals surface area contributed by atoms with Gasteiger partial charge in [-0.1, -0.05) is 13.8 Å². The Bertz CT molecular complexity index is 169. The van der Waals surface area contributed by atoms with E-state index in [0.717, 1.165) is 12.3 Å². The lowest BCUT2D eigenvalue weighted by Gasteiger charge is -2.35. The Kier molecular flexibility index (Phi) is 2.13. The van der Waals surface area contributed by atoms with Crippen molar-refractivity contribution < 1.29 is 9.84 Å². The molecule has 0 radical (unpaired) electrons. The van der Waals surface area contributed by atoms with Gasteiger partial charge in [0.05, 0.1) is 18.8 Å². The molecule has 0 bridgehead atoms. The second kappa shape index (κ2) is 3.00. The van der Waals surface area contributed by atoms with Crippen molar-refractivity contribution in [1.82, 2.24) is 0 Å². The zero-order valence-corrected chi connectivity index (χ0v) is 7.86. The summed E-state index contributed by atoms with van der Waals surface area (Å²) in [5.41, 5.74) is 0. The molecule has 0 amide bonds. The quantitative estimate of drug-likeness (QED) is 0.596. The highest BCUT2D eigenvalue weighted by molar-refractivity contribution is 4.92. The summed E-state index contributed by atoms with van der Waals surface area (Å²) in [6.45, 7) is 5.10. The first kappa shape index (κ1) is 8.52. The molecule has 1 saturated heterocycles. The van der Waals surface area contributed by atoms with Crippen LogP contribution in [0.25, 0.3) is 0 Å². The molecule has 1 saturated carbocycles. The van der Waals surface area contributed by atoms with Gasteiger partial charge in [-0.05, 0) is 24.7 Å². The van der Waals surface area contributed by atoms with Crippen LogP contribution < -0.4 is 0 Å². The molecule has 0 aromatic rings. The average Bonchev–Trinajstić information content (AvgIpc) is 2.41. The molecular weight excluding hydrogens is 152 g/mol. The van der Waals surface area contributed by atoms with E-state index in [9.17, 15) is 5.11 Å². The minimum atomic E-state index is -0.190. The van der Waals surface area contributed by atoms with E-state index < -0.39 is 0 Å². The summed E-state index contributed by atoms with van der Waals surface area (Å²) in [5, 5.41) is 9.60. The van der Waals surface area contributed by atoms with E-state index in [0.29, 0.717) is 24.5 Å². The third-order valence-corrected chi connectivity index (χ3v) is 3.75. The minimum absolute atomic E-state index is 0.190. The standard InChI is InChI=1S/C10H18O2/c1-6-3-4-8-9(11)5-12-10(8)7(6)2/h6-11H,3-5H2,1-2H3. The first-order valence-corrected chi connectivity index (χ1v) is 5.00. The van der Waals surface area contributed by atoms with Crippen LogP contribution in [0.5, 0.6) is 0 Å². The minimum Gasteiger partial charge on any atom is -0.390 e. The van der Waals surface area contributed by atoms with Gasteiger partial charge < -0.3 is 9.84 Å². The fraction of sp³-hybridized carbons (Fsp3) is 1.00. The molecule has 1 N–H and O–H groups in total. The van der Waals surface area contributed by atoms with Crippen LogP contribution in [-0.2, 0) is 4.74 Å². The number of hydrogen-bond acceptors (Lipinski definition) is 2. The summed E-state index contributed by atoms with van der Waals surface area (Å²) < 4.78 is 5.60. The van der Waals surface area contributed by atoms with E-state index in [1.807, 2.05) is 0 Å². The van der Waals surface area contributed by atoms with Gasteiger partial charge >= 0.3 is 0 Å². The van der Waals surface area contributed by atoms with Crippen LogP contribution in [0, 0.1) is 17.8 Å². The number of aliphatic hydroxyl groups excluding tert-OH is 1. The van der Waals surface area contributed by atoms with Gasteiger partial charge in [-0.3, -0.25) is 0 Å². The lowest BCUT2D eigenvalue weighted by molar-refractivity contribution is 0.00184. The van der Waals surface area contributed by atoms with E-state index in [1.165, 1.54) is 6.42 Å². The van der Waals surface area contributed by atoms with E-state index in [2.05, 4.69) is 13.8 Å². The Morgan fingerprint density at radius 3 is 2.75 bits per heavy atom. The highest BCUT2D eigenvalue weighted by atomic mass is 16.5. The Morgan fingerprint density at radius 1 is 1.25 bits per heavy atom. The van der Waals surface area contributed by atoms with Gasteiger partial charge in [-0.2, -0.15) is 0 Å². The van der Waals surface area contributed by atoms with E-state index >= 15 is 0 Å². The number of fused-ring (bicyclic) bond motifs is 1. The van der Waals surface area contributed by atoms with Crippen LogP contribution in [0.3, 0.4) is 0 Å². The van der Waals surface area contributed by atoms with E-state index in [1.54, 1.807) is 0 Å². The Balaban J connectivity index is 2.09. The lowest BCUT2D eigenvalue weighted by atomic mass is 9.73. The molecule has 0 aromatic carbocycles. The van der Waals surface area contributed by atoms with E-state index in [-0.39, 0.29) is 6.10 Å². The molecule has 70 valence electrons. The number of rotatable bonds is 0. The van der Waals surface area contributed by atoms with Crippen LogP contribution in [0.4, 0.5) is 0 Å². The molecule has 5 unspecified atom stereocenters. The maximum absolute atomic E-state index is 9.60. The second-order valence-corrected chi connectivity index (χ2v) is 4.44. The lowest BCUT2D eigenvalue weighted by Crippen LogP contribution is -2.37. The summed E-state index contributed by atoms with van der Waals surface area (Å²) >= 11 is 0. The monoisotopic (exact) mass is 170 g/mol. The molecule has 0 aromatic heterocycles. The first-order valence-electron chi connectivity index (χ1n) is 5.00. The zero-order valence-electron chi connectivity index (χ0n) is 7.86. The SMILES string of the molecule is CC1CCC2C(O)COC2C1C. The maximum Gasteiger partial charge on any atom is 0.0826 e. The molecule has 2 aliphatic rings. The van der Waals surface area contributed by atoms with Crippen LogP contribution in [0.2, 0.25) is 0 Å². The number of hydrogen-bond donors (Lipinski definition) is 1. The third kappa shape index (κ3) is 1.17. The third-order valence-electron chi connectivity index (χ3n) is 3.75. The molecule has 2 nitrogen and oxygen atoms in total. The fourth-order valence-electron chi connectivity index (χ4n) is 2.62. The van der Waals surface area contributed by atoms with Gasteiger partial charge in [-0.25, -0.2) is 0 Å². The number of aliphatic hydroxyl groups is 1. The van der Waals surface area contributed by atoms with Crippen molar-refractivity contribution in [3.8, 4) is 0 Å². The largest absolute Gasteiger partial charge is 0.390 e. The highest BCUT2D eigenvalue weighted by Crippen LogP contribution is 2.40. The van der Waals surface area contributed by atoms with Gasteiger partial charge in [-0.15, -0.1) is 0 Å². The smallest absolute Gasteiger partial charge is 0.0826 e. The van der Waals surface area contributed by atoms with Crippen LogP contribution in [0.1, 0.15) is 26.7 Å². The molecule has 2 rings (SSSR count). The van der Waals surface area contributed by atoms with Crippen LogP contribution >= 0.6 is 0 Å². The van der Waals surface area contributed by atoms with E-state index in [4.69, 9.17) is 4.74 Å². The van der Waals surface area contributed by atoms with Crippen molar-refractivity contribution in [3.63, 3.8) is 0 Å². The molecule has 5 atom stereocenters. The Labute approximate surface area is 73.9 Å². The summed E-state index contributed by atoms with van der Waals surface area (Å²) in [6.07, 6.45) is 2.55. The van der Waals surface area contributed by atoms with Crippen molar-refractivity contribution >= 4 is 0 Å². The predicted octanol–water partition coefficient (Wildman–Crippen LogP) is 1.43. The average molecular weight is 170 g/mol. The van der Waals surface area contributed by atoms with Gasteiger partial charge in [0.25, 0.3) is 0 Å². The summed E-state index contributed by atoms with van der Waals surface area (Å²) in [6, 6.07) is 0.